The first-order chi connectivity index (χ1) is 6.01. The predicted molar refractivity (Wildman–Crippen MR) is 51.2 cm³/mol. The number of rotatable bonds is 2. The van der Waals surface area contributed by atoms with Crippen LogP contribution in [0, 0.1) is 24.2 Å². The van der Waals surface area contributed by atoms with Crippen molar-refractivity contribution in [1.29, 1.82) is 0 Å². The molecule has 0 aromatic rings. The zero-order valence-electron chi connectivity index (χ0n) is 7.52. The Morgan fingerprint density at radius 1 is 1.31 bits per heavy atom. The van der Waals surface area contributed by atoms with Crippen molar-refractivity contribution in [1.82, 2.24) is 0 Å². The minimum absolute atomic E-state index is 0.0320. The first kappa shape index (κ1) is 10.8. The standard InChI is InChI=1S/C9H15O3P/c1-2-8-3-5-9(6-4-8)7-13(10,11)12/h1,8-9H,3-7H2,(H2,10,11,12). The van der Waals surface area contributed by atoms with Crippen LogP contribution >= 0.6 is 7.60 Å². The van der Waals surface area contributed by atoms with Crippen molar-refractivity contribution in [3.05, 3.63) is 0 Å². The highest BCUT2D eigenvalue weighted by molar-refractivity contribution is 7.51. The molecule has 0 spiro atoms. The molecule has 0 aromatic heterocycles. The lowest BCUT2D eigenvalue weighted by atomic mass is 9.83. The Kier molecular flexibility index (Phi) is 3.55. The van der Waals surface area contributed by atoms with Gasteiger partial charge in [-0.15, -0.1) is 12.3 Å². The van der Waals surface area contributed by atoms with Crippen molar-refractivity contribution in [3.63, 3.8) is 0 Å². The van der Waals surface area contributed by atoms with Crippen LogP contribution in [0.1, 0.15) is 25.7 Å². The second kappa shape index (κ2) is 4.28. The average Bonchev–Trinajstić information content (AvgIpc) is 2.03. The molecule has 0 atom stereocenters. The molecule has 1 fully saturated rings. The maximum Gasteiger partial charge on any atom is 0.325 e. The lowest BCUT2D eigenvalue weighted by molar-refractivity contribution is 0.310. The third-order valence-corrected chi connectivity index (χ3v) is 3.57. The smallest absolute Gasteiger partial charge is 0.324 e. The molecule has 4 heteroatoms. The molecular formula is C9H15O3P. The van der Waals surface area contributed by atoms with Crippen LogP contribution in [0.15, 0.2) is 0 Å². The van der Waals surface area contributed by atoms with Gasteiger partial charge < -0.3 is 9.79 Å². The average molecular weight is 202 g/mol. The van der Waals surface area contributed by atoms with E-state index in [1.807, 2.05) is 0 Å². The van der Waals surface area contributed by atoms with Crippen LogP contribution < -0.4 is 0 Å². The van der Waals surface area contributed by atoms with Crippen molar-refractivity contribution in [2.75, 3.05) is 6.16 Å². The molecular weight excluding hydrogens is 187 g/mol. The summed E-state index contributed by atoms with van der Waals surface area (Å²) in [6.07, 6.45) is 8.86. The Hall–Kier alpha value is -0.290. The van der Waals surface area contributed by atoms with Gasteiger partial charge in [0.15, 0.2) is 0 Å². The molecule has 0 unspecified atom stereocenters. The highest BCUT2D eigenvalue weighted by Crippen LogP contribution is 2.41. The molecule has 0 aromatic carbocycles. The number of hydrogen-bond acceptors (Lipinski definition) is 1. The van der Waals surface area contributed by atoms with E-state index in [2.05, 4.69) is 5.92 Å². The first-order valence-electron chi connectivity index (χ1n) is 4.52. The van der Waals surface area contributed by atoms with Crippen molar-refractivity contribution in [3.8, 4) is 12.3 Å². The Labute approximate surface area is 78.7 Å². The quantitative estimate of drug-likeness (QED) is 0.528. The summed E-state index contributed by atoms with van der Waals surface area (Å²) < 4.78 is 10.7. The summed E-state index contributed by atoms with van der Waals surface area (Å²) in [5, 5.41) is 0. The Morgan fingerprint density at radius 2 is 1.85 bits per heavy atom. The molecule has 0 heterocycles. The fraction of sp³-hybridized carbons (Fsp3) is 0.778. The van der Waals surface area contributed by atoms with Gasteiger partial charge in [-0.2, -0.15) is 0 Å². The number of hydrogen-bond donors (Lipinski definition) is 2. The van der Waals surface area contributed by atoms with E-state index >= 15 is 0 Å². The van der Waals surface area contributed by atoms with Crippen molar-refractivity contribution in [2.45, 2.75) is 25.7 Å². The van der Waals surface area contributed by atoms with Gasteiger partial charge in [-0.25, -0.2) is 0 Å². The van der Waals surface area contributed by atoms with Gasteiger partial charge in [0.25, 0.3) is 0 Å². The van der Waals surface area contributed by atoms with Crippen LogP contribution in [-0.2, 0) is 4.57 Å². The van der Waals surface area contributed by atoms with Crippen LogP contribution in [0.25, 0.3) is 0 Å². The fourth-order valence-corrected chi connectivity index (χ4v) is 2.89. The molecule has 0 amide bonds. The SMILES string of the molecule is C#CC1CCC(CP(=O)(O)O)CC1. The van der Waals surface area contributed by atoms with Crippen molar-refractivity contribution >= 4 is 7.60 Å². The lowest BCUT2D eigenvalue weighted by Crippen LogP contribution is -2.16. The van der Waals surface area contributed by atoms with Gasteiger partial charge in [0.2, 0.25) is 0 Å². The van der Waals surface area contributed by atoms with E-state index in [-0.39, 0.29) is 12.1 Å². The zero-order chi connectivity index (χ0) is 9.90. The Morgan fingerprint density at radius 3 is 2.23 bits per heavy atom. The van der Waals surface area contributed by atoms with Gasteiger partial charge in [-0.3, -0.25) is 4.57 Å². The minimum atomic E-state index is -3.81. The maximum atomic E-state index is 10.7. The van der Waals surface area contributed by atoms with E-state index in [0.717, 1.165) is 25.7 Å². The van der Waals surface area contributed by atoms with Gasteiger partial charge in [0.05, 0.1) is 6.16 Å². The summed E-state index contributed by atoms with van der Waals surface area (Å²) in [4.78, 5) is 17.5. The highest BCUT2D eigenvalue weighted by Gasteiger charge is 2.25. The second-order valence-electron chi connectivity index (χ2n) is 3.73. The van der Waals surface area contributed by atoms with Gasteiger partial charge in [-0.1, -0.05) is 0 Å². The van der Waals surface area contributed by atoms with Crippen molar-refractivity contribution < 1.29 is 14.4 Å². The summed E-state index contributed by atoms with van der Waals surface area (Å²) in [5.41, 5.74) is 0. The second-order valence-corrected chi connectivity index (χ2v) is 5.43. The summed E-state index contributed by atoms with van der Waals surface area (Å²) >= 11 is 0. The molecule has 1 aliphatic carbocycles. The van der Waals surface area contributed by atoms with E-state index in [1.54, 1.807) is 0 Å². The number of terminal acetylenes is 1. The zero-order valence-corrected chi connectivity index (χ0v) is 8.41. The molecule has 0 bridgehead atoms. The molecule has 0 aliphatic heterocycles. The normalized spacial score (nSPS) is 29.6. The molecule has 0 saturated heterocycles. The summed E-state index contributed by atoms with van der Waals surface area (Å²) in [7, 11) is -3.81. The molecule has 13 heavy (non-hydrogen) atoms. The third kappa shape index (κ3) is 3.95. The monoisotopic (exact) mass is 202 g/mol. The van der Waals surface area contributed by atoms with E-state index in [4.69, 9.17) is 16.2 Å². The molecule has 1 rings (SSSR count). The van der Waals surface area contributed by atoms with E-state index in [0.29, 0.717) is 5.92 Å². The largest absolute Gasteiger partial charge is 0.325 e. The van der Waals surface area contributed by atoms with E-state index in [1.165, 1.54) is 0 Å². The van der Waals surface area contributed by atoms with Gasteiger partial charge in [0, 0.05) is 5.92 Å². The summed E-state index contributed by atoms with van der Waals surface area (Å²) in [6, 6.07) is 0. The van der Waals surface area contributed by atoms with E-state index in [9.17, 15) is 4.57 Å². The molecule has 1 saturated carbocycles. The van der Waals surface area contributed by atoms with Gasteiger partial charge in [-0.05, 0) is 31.6 Å². The lowest BCUT2D eigenvalue weighted by Gasteiger charge is -2.25. The van der Waals surface area contributed by atoms with Crippen LogP contribution in [0.3, 0.4) is 0 Å². The van der Waals surface area contributed by atoms with E-state index < -0.39 is 7.60 Å². The molecule has 0 radical (unpaired) electrons. The van der Waals surface area contributed by atoms with Crippen LogP contribution in [0.2, 0.25) is 0 Å². The minimum Gasteiger partial charge on any atom is -0.324 e. The molecule has 1 aliphatic rings. The topological polar surface area (TPSA) is 57.5 Å². The Bertz CT molecular complexity index is 242. The maximum absolute atomic E-state index is 10.7. The molecule has 2 N–H and O–H groups in total. The molecule has 74 valence electrons. The highest BCUT2D eigenvalue weighted by atomic mass is 31.2. The van der Waals surface area contributed by atoms with Crippen molar-refractivity contribution in [2.24, 2.45) is 11.8 Å². The predicted octanol–water partition coefficient (Wildman–Crippen LogP) is 1.60. The first-order valence-corrected chi connectivity index (χ1v) is 6.31. The van der Waals surface area contributed by atoms with Gasteiger partial charge in [0.1, 0.15) is 0 Å². The van der Waals surface area contributed by atoms with Crippen LogP contribution in [0.5, 0.6) is 0 Å². The summed E-state index contributed by atoms with van der Waals surface area (Å²) in [6.45, 7) is 0. The summed E-state index contributed by atoms with van der Waals surface area (Å²) in [5.74, 6) is 3.19. The van der Waals surface area contributed by atoms with Gasteiger partial charge >= 0.3 is 7.60 Å². The Balaban J connectivity index is 2.34. The third-order valence-electron chi connectivity index (χ3n) is 2.58. The molecule has 3 nitrogen and oxygen atoms in total. The van der Waals surface area contributed by atoms with Crippen LogP contribution in [-0.4, -0.2) is 15.9 Å². The fourth-order valence-electron chi connectivity index (χ4n) is 1.85. The van der Waals surface area contributed by atoms with Crippen LogP contribution in [0.4, 0.5) is 0 Å².